The van der Waals surface area contributed by atoms with Crippen LogP contribution in [0, 0.1) is 17.0 Å². The number of hydrogen-bond acceptors (Lipinski definition) is 11. The highest BCUT2D eigenvalue weighted by molar-refractivity contribution is 7.17. The summed E-state index contributed by atoms with van der Waals surface area (Å²) >= 11 is 0.840. The van der Waals surface area contributed by atoms with Gasteiger partial charge < -0.3 is 19.3 Å². The molecule has 5 rings (SSSR count). The summed E-state index contributed by atoms with van der Waals surface area (Å²) in [4.78, 5) is 55.6. The Morgan fingerprint density at radius 1 is 1.21 bits per heavy atom. The van der Waals surface area contributed by atoms with Crippen LogP contribution in [0.15, 0.2) is 48.0 Å². The molecule has 39 heavy (non-hydrogen) atoms. The second-order valence-corrected chi connectivity index (χ2v) is 9.49. The normalized spacial score (nSPS) is 17.8. The van der Waals surface area contributed by atoms with E-state index in [1.54, 1.807) is 19.9 Å². The molecule has 0 radical (unpaired) electrons. The maximum atomic E-state index is 13.4. The van der Waals surface area contributed by atoms with Crippen LogP contribution in [0.3, 0.4) is 0 Å². The first-order chi connectivity index (χ1) is 18.7. The minimum atomic E-state index is -1.28. The highest BCUT2D eigenvalue weighted by Gasteiger charge is 2.49. The van der Waals surface area contributed by atoms with Crippen molar-refractivity contribution in [2.75, 3.05) is 24.7 Å². The van der Waals surface area contributed by atoms with Crippen LogP contribution in [0.25, 0.3) is 5.76 Å². The predicted octanol–water partition coefficient (Wildman–Crippen LogP) is 3.93. The number of nitro benzene ring substituents is 1. The molecule has 0 saturated carbocycles. The average molecular weight is 552 g/mol. The molecule has 2 aliphatic heterocycles. The van der Waals surface area contributed by atoms with Crippen LogP contribution < -0.4 is 14.4 Å². The largest absolute Gasteiger partial charge is 0.507 e. The molecule has 1 aromatic heterocycles. The number of ketones is 1. The monoisotopic (exact) mass is 551 g/mol. The molecule has 200 valence electrons. The van der Waals surface area contributed by atoms with E-state index in [1.807, 2.05) is 0 Å². The first-order valence-electron chi connectivity index (χ1n) is 11.8. The molecule has 1 N–H and O–H groups in total. The lowest BCUT2D eigenvalue weighted by Gasteiger charge is -2.23. The van der Waals surface area contributed by atoms with Crippen LogP contribution in [0.1, 0.15) is 39.5 Å². The smallest absolute Gasteiger partial charge is 0.350 e. The number of nitro groups is 1. The molecule has 1 saturated heterocycles. The molecule has 2 aliphatic rings. The number of aliphatic hydroxyl groups is 1. The fraction of sp³-hybridized carbons (Fsp3) is 0.231. The number of aryl methyl sites for hydroxylation is 1. The van der Waals surface area contributed by atoms with Crippen LogP contribution in [0.5, 0.6) is 11.5 Å². The van der Waals surface area contributed by atoms with Gasteiger partial charge in [0.1, 0.15) is 23.9 Å². The zero-order valence-corrected chi connectivity index (χ0v) is 21.5. The number of aliphatic hydroxyl groups excluding tert-OH is 1. The maximum absolute atomic E-state index is 13.4. The van der Waals surface area contributed by atoms with Crippen molar-refractivity contribution in [1.82, 2.24) is 4.98 Å². The summed E-state index contributed by atoms with van der Waals surface area (Å²) in [6.07, 6.45) is 0. The number of benzene rings is 2. The van der Waals surface area contributed by atoms with E-state index in [9.17, 15) is 29.6 Å². The van der Waals surface area contributed by atoms with Gasteiger partial charge in [0.2, 0.25) is 0 Å². The van der Waals surface area contributed by atoms with Gasteiger partial charge in [-0.3, -0.25) is 24.6 Å². The summed E-state index contributed by atoms with van der Waals surface area (Å²) < 4.78 is 16.2. The topological polar surface area (TPSA) is 158 Å². The molecule has 1 atom stereocenters. The SMILES string of the molecule is CCOC(=O)c1sc(N2C(=O)C(=O)C(=C(O)c3ccc4c(c3)OCCO4)C2c2cccc([N+](=O)[O-])c2)nc1C. The molecular formula is C26H21N3O9S. The number of esters is 1. The number of anilines is 1. The van der Waals surface area contributed by atoms with E-state index in [2.05, 4.69) is 4.98 Å². The maximum Gasteiger partial charge on any atom is 0.350 e. The third-order valence-corrected chi connectivity index (χ3v) is 7.25. The quantitative estimate of drug-likeness (QED) is 0.119. The summed E-state index contributed by atoms with van der Waals surface area (Å²) in [6.45, 7) is 3.98. The zero-order valence-electron chi connectivity index (χ0n) is 20.7. The highest BCUT2D eigenvalue weighted by atomic mass is 32.1. The minimum absolute atomic E-state index is 0.00427. The fourth-order valence-electron chi connectivity index (χ4n) is 4.37. The Hall–Kier alpha value is -4.78. The minimum Gasteiger partial charge on any atom is -0.507 e. The molecule has 3 heterocycles. The number of amides is 1. The third kappa shape index (κ3) is 4.56. The summed E-state index contributed by atoms with van der Waals surface area (Å²) in [5.41, 5.74) is 0.0610. The average Bonchev–Trinajstić information content (AvgIpc) is 3.44. The zero-order chi connectivity index (χ0) is 27.8. The fourth-order valence-corrected chi connectivity index (χ4v) is 5.36. The molecule has 0 aliphatic carbocycles. The Morgan fingerprint density at radius 2 is 1.95 bits per heavy atom. The van der Waals surface area contributed by atoms with Crippen LogP contribution in [-0.4, -0.2) is 52.5 Å². The molecule has 1 unspecified atom stereocenters. The van der Waals surface area contributed by atoms with Gasteiger partial charge in [-0.2, -0.15) is 0 Å². The number of hydrogen-bond donors (Lipinski definition) is 1. The number of carbonyl (C=O) groups excluding carboxylic acids is 3. The lowest BCUT2D eigenvalue weighted by atomic mass is 9.95. The summed E-state index contributed by atoms with van der Waals surface area (Å²) in [6, 6.07) is 8.67. The van der Waals surface area contributed by atoms with Crippen molar-refractivity contribution in [3.8, 4) is 11.5 Å². The summed E-state index contributed by atoms with van der Waals surface area (Å²) in [5.74, 6) is -2.39. The van der Waals surface area contributed by atoms with Crippen molar-refractivity contribution in [2.24, 2.45) is 0 Å². The number of ether oxygens (including phenoxy) is 3. The van der Waals surface area contributed by atoms with Crippen LogP contribution in [0.4, 0.5) is 10.8 Å². The highest BCUT2D eigenvalue weighted by Crippen LogP contribution is 2.45. The lowest BCUT2D eigenvalue weighted by molar-refractivity contribution is -0.384. The number of carbonyl (C=O) groups is 3. The standard InChI is InChI=1S/C26H21N3O9S/c1-3-36-25(33)23-13(2)27-26(39-23)28-20(14-5-4-6-16(11-14)29(34)35)19(22(31)24(28)32)21(30)15-7-8-17-18(12-15)38-10-9-37-17/h4-8,11-12,20,30H,3,9-10H2,1-2H3. The van der Waals surface area contributed by atoms with Gasteiger partial charge in [-0.15, -0.1) is 0 Å². The first kappa shape index (κ1) is 25.9. The van der Waals surface area contributed by atoms with E-state index in [-0.39, 0.29) is 44.7 Å². The number of aromatic nitrogens is 1. The van der Waals surface area contributed by atoms with Gasteiger partial charge in [0, 0.05) is 17.7 Å². The Balaban J connectivity index is 1.69. The van der Waals surface area contributed by atoms with Gasteiger partial charge >= 0.3 is 11.9 Å². The van der Waals surface area contributed by atoms with Crippen molar-refractivity contribution in [1.29, 1.82) is 0 Å². The Bertz CT molecular complexity index is 1560. The molecule has 1 fully saturated rings. The molecule has 3 aromatic rings. The molecular weight excluding hydrogens is 530 g/mol. The van der Waals surface area contributed by atoms with Gasteiger partial charge in [-0.1, -0.05) is 23.5 Å². The van der Waals surface area contributed by atoms with Crippen molar-refractivity contribution in [3.05, 3.63) is 79.8 Å². The second-order valence-electron chi connectivity index (χ2n) is 8.51. The molecule has 0 spiro atoms. The van der Waals surface area contributed by atoms with E-state index in [0.717, 1.165) is 16.2 Å². The predicted molar refractivity (Wildman–Crippen MR) is 138 cm³/mol. The Morgan fingerprint density at radius 3 is 2.67 bits per heavy atom. The second kappa shape index (κ2) is 10.2. The number of fused-ring (bicyclic) bond motifs is 1. The summed E-state index contributed by atoms with van der Waals surface area (Å²) in [7, 11) is 0. The van der Waals surface area contributed by atoms with Crippen LogP contribution >= 0.6 is 11.3 Å². The van der Waals surface area contributed by atoms with Gasteiger partial charge in [0.05, 0.1) is 28.8 Å². The molecule has 2 aromatic carbocycles. The first-order valence-corrected chi connectivity index (χ1v) is 12.6. The molecule has 0 bridgehead atoms. The van der Waals surface area contributed by atoms with E-state index in [0.29, 0.717) is 24.7 Å². The number of non-ortho nitro benzene ring substituents is 1. The van der Waals surface area contributed by atoms with E-state index < -0.39 is 34.4 Å². The number of Topliss-reactive ketones (excluding diaryl/α,β-unsaturated/α-hetero) is 1. The molecule has 1 amide bonds. The van der Waals surface area contributed by atoms with Crippen molar-refractivity contribution in [2.45, 2.75) is 19.9 Å². The Labute approximate surface area is 225 Å². The lowest BCUT2D eigenvalue weighted by Crippen LogP contribution is -2.29. The van der Waals surface area contributed by atoms with E-state index in [4.69, 9.17) is 14.2 Å². The van der Waals surface area contributed by atoms with E-state index in [1.165, 1.54) is 36.4 Å². The molecule has 13 heteroatoms. The van der Waals surface area contributed by atoms with Crippen LogP contribution in [-0.2, 0) is 14.3 Å². The number of thiazole rings is 1. The van der Waals surface area contributed by atoms with Crippen molar-refractivity contribution in [3.63, 3.8) is 0 Å². The van der Waals surface area contributed by atoms with Crippen molar-refractivity contribution >= 4 is 45.6 Å². The van der Waals surface area contributed by atoms with Gasteiger partial charge in [0.25, 0.3) is 11.5 Å². The van der Waals surface area contributed by atoms with Gasteiger partial charge in [-0.25, -0.2) is 9.78 Å². The Kier molecular flexibility index (Phi) is 6.74. The van der Waals surface area contributed by atoms with E-state index >= 15 is 0 Å². The number of nitrogens with zero attached hydrogens (tertiary/aromatic N) is 3. The van der Waals surface area contributed by atoms with Gasteiger partial charge in [-0.05, 0) is 37.6 Å². The third-order valence-electron chi connectivity index (χ3n) is 6.11. The van der Waals surface area contributed by atoms with Crippen LogP contribution in [0.2, 0.25) is 0 Å². The van der Waals surface area contributed by atoms with Gasteiger partial charge in [0.15, 0.2) is 16.6 Å². The van der Waals surface area contributed by atoms with Crippen molar-refractivity contribution < 1.29 is 38.6 Å². The summed E-state index contributed by atoms with van der Waals surface area (Å²) in [5, 5.41) is 22.9. The molecule has 12 nitrogen and oxygen atoms in total. The number of rotatable bonds is 6.